The number of benzene rings is 1. The molecule has 6 rings (SSSR count). The Morgan fingerprint density at radius 1 is 1.11 bits per heavy atom. The largest absolute Gasteiger partial charge is 0.345 e. The van der Waals surface area contributed by atoms with Gasteiger partial charge in [0.2, 0.25) is 0 Å². The number of nitrogens with zero attached hydrogens (tertiary/aromatic N) is 7. The average molecular weight is 509 g/mol. The highest BCUT2D eigenvalue weighted by Crippen LogP contribution is 2.39. The summed E-state index contributed by atoms with van der Waals surface area (Å²) in [6, 6.07) is 4.66. The molecule has 0 radical (unpaired) electrons. The van der Waals surface area contributed by atoms with Crippen molar-refractivity contribution in [3.8, 4) is 0 Å². The van der Waals surface area contributed by atoms with Crippen molar-refractivity contribution in [2.75, 3.05) is 37.4 Å². The molecule has 37 heavy (non-hydrogen) atoms. The summed E-state index contributed by atoms with van der Waals surface area (Å²) < 4.78 is 37.2. The van der Waals surface area contributed by atoms with Crippen molar-refractivity contribution in [2.45, 2.75) is 37.6 Å². The molecule has 0 spiro atoms. The van der Waals surface area contributed by atoms with Crippen LogP contribution in [0, 0.1) is 11.6 Å². The first-order chi connectivity index (χ1) is 17.9. The average Bonchev–Trinajstić information content (AvgIpc) is 3.53. The maximum Gasteiger partial charge on any atom is 0.324 e. The third-order valence-electron chi connectivity index (χ3n) is 6.94. The minimum atomic E-state index is -0.641. The number of piperidine rings is 1. The minimum absolute atomic E-state index is 0.0184. The Labute approximate surface area is 211 Å². The number of amides is 1. The first-order valence-electron chi connectivity index (χ1n) is 12.3. The third kappa shape index (κ3) is 4.36. The van der Waals surface area contributed by atoms with Crippen LogP contribution in [0.5, 0.6) is 0 Å². The molecular formula is C25H26F2N8O2. The van der Waals surface area contributed by atoms with Crippen LogP contribution in [0.3, 0.4) is 0 Å². The summed E-state index contributed by atoms with van der Waals surface area (Å²) in [5, 5.41) is 7.15. The van der Waals surface area contributed by atoms with E-state index >= 15 is 4.39 Å². The van der Waals surface area contributed by atoms with Gasteiger partial charge in [0.05, 0.1) is 11.1 Å². The lowest BCUT2D eigenvalue weighted by Crippen LogP contribution is -2.34. The van der Waals surface area contributed by atoms with Crippen LogP contribution < -0.4 is 10.2 Å². The fourth-order valence-corrected chi connectivity index (χ4v) is 4.75. The number of nitrogens with one attached hydrogen (secondary N) is 1. The van der Waals surface area contributed by atoms with Crippen LogP contribution in [0.1, 0.15) is 53.8 Å². The van der Waals surface area contributed by atoms with Crippen LogP contribution in [-0.2, 0) is 0 Å². The van der Waals surface area contributed by atoms with Crippen molar-refractivity contribution in [2.24, 2.45) is 0 Å². The molecule has 1 saturated heterocycles. The van der Waals surface area contributed by atoms with E-state index in [4.69, 9.17) is 4.52 Å². The number of carbonyl (C=O) groups is 1. The van der Waals surface area contributed by atoms with Gasteiger partial charge >= 0.3 is 6.01 Å². The monoisotopic (exact) mass is 508 g/mol. The van der Waals surface area contributed by atoms with Gasteiger partial charge in [0.15, 0.2) is 11.6 Å². The number of anilines is 3. The quantitative estimate of drug-likeness (QED) is 0.412. The number of aromatic nitrogens is 5. The second-order valence-corrected chi connectivity index (χ2v) is 9.75. The Balaban J connectivity index is 1.21. The third-order valence-corrected chi connectivity index (χ3v) is 6.94. The van der Waals surface area contributed by atoms with Crippen molar-refractivity contribution >= 4 is 34.5 Å². The normalized spacial score (nSPS) is 16.4. The Morgan fingerprint density at radius 2 is 1.89 bits per heavy atom. The van der Waals surface area contributed by atoms with Gasteiger partial charge in [0.25, 0.3) is 5.91 Å². The smallest absolute Gasteiger partial charge is 0.324 e. The maximum absolute atomic E-state index is 15.2. The van der Waals surface area contributed by atoms with Crippen LogP contribution in [-0.4, -0.2) is 62.7 Å². The van der Waals surface area contributed by atoms with Crippen molar-refractivity contribution in [1.82, 2.24) is 29.6 Å². The predicted molar refractivity (Wildman–Crippen MR) is 132 cm³/mol. The highest BCUT2D eigenvalue weighted by atomic mass is 19.1. The molecule has 1 aliphatic carbocycles. The second kappa shape index (κ2) is 9.09. The van der Waals surface area contributed by atoms with Gasteiger partial charge < -0.3 is 24.2 Å². The number of halogens is 2. The molecule has 4 heterocycles. The number of fused-ring (bicyclic) bond motifs is 1. The molecule has 1 saturated carbocycles. The van der Waals surface area contributed by atoms with Crippen molar-refractivity contribution in [1.29, 1.82) is 0 Å². The van der Waals surface area contributed by atoms with Crippen molar-refractivity contribution < 1.29 is 18.1 Å². The van der Waals surface area contributed by atoms with Gasteiger partial charge in [0, 0.05) is 50.9 Å². The predicted octanol–water partition coefficient (Wildman–Crippen LogP) is 4.26. The number of hydrogen-bond acceptors (Lipinski definition) is 8. The Kier molecular flexibility index (Phi) is 5.73. The number of rotatable bonds is 6. The first kappa shape index (κ1) is 23.3. The highest BCUT2D eigenvalue weighted by Gasteiger charge is 2.31. The molecule has 2 aliphatic rings. The summed E-state index contributed by atoms with van der Waals surface area (Å²) in [6.45, 7) is 1.38. The van der Waals surface area contributed by atoms with Crippen LogP contribution in [0.4, 0.5) is 26.3 Å². The molecule has 192 valence electrons. The lowest BCUT2D eigenvalue weighted by molar-refractivity contribution is 0.0827. The SMILES string of the molecule is CN(C)C(=O)c1ccc(Nc2ncnc3c2c(F)cn3C2CCN(c3nc(C4CC4)no3)CC2)c(F)c1. The van der Waals surface area contributed by atoms with Crippen molar-refractivity contribution in [3.63, 3.8) is 0 Å². The minimum Gasteiger partial charge on any atom is -0.345 e. The maximum atomic E-state index is 15.2. The summed E-state index contributed by atoms with van der Waals surface area (Å²) in [7, 11) is 3.19. The lowest BCUT2D eigenvalue weighted by atomic mass is 10.1. The van der Waals surface area contributed by atoms with E-state index in [-0.39, 0.29) is 34.4 Å². The van der Waals surface area contributed by atoms with E-state index in [1.165, 1.54) is 29.6 Å². The van der Waals surface area contributed by atoms with E-state index in [2.05, 4.69) is 30.3 Å². The van der Waals surface area contributed by atoms with Crippen LogP contribution in [0.2, 0.25) is 0 Å². The zero-order chi connectivity index (χ0) is 25.7. The van der Waals surface area contributed by atoms with Crippen molar-refractivity contribution in [3.05, 3.63) is 53.7 Å². The van der Waals surface area contributed by atoms with Gasteiger partial charge in [0.1, 0.15) is 23.6 Å². The molecule has 1 aromatic carbocycles. The summed E-state index contributed by atoms with van der Waals surface area (Å²) in [4.78, 5) is 28.6. The van der Waals surface area contributed by atoms with Gasteiger partial charge in [-0.3, -0.25) is 4.79 Å². The molecule has 4 aromatic rings. The summed E-state index contributed by atoms with van der Waals surface area (Å²) >= 11 is 0. The van der Waals surface area contributed by atoms with E-state index < -0.39 is 11.6 Å². The number of hydrogen-bond donors (Lipinski definition) is 1. The molecule has 0 atom stereocenters. The summed E-state index contributed by atoms with van der Waals surface area (Å²) in [5.74, 6) is -0.0838. The molecule has 12 heteroatoms. The molecule has 0 bridgehead atoms. The van der Waals surface area contributed by atoms with E-state index in [0.29, 0.717) is 30.7 Å². The molecular weight excluding hydrogens is 482 g/mol. The first-order valence-corrected chi connectivity index (χ1v) is 12.3. The van der Waals surface area contributed by atoms with Gasteiger partial charge in [-0.2, -0.15) is 4.98 Å². The highest BCUT2D eigenvalue weighted by molar-refractivity contribution is 5.95. The molecule has 1 N–H and O–H groups in total. The fraction of sp³-hybridized carbons (Fsp3) is 0.400. The summed E-state index contributed by atoms with van der Waals surface area (Å²) in [6.07, 6.45) is 6.47. The molecule has 2 fully saturated rings. The Hall–Kier alpha value is -4.09. The molecule has 3 aromatic heterocycles. The van der Waals surface area contributed by atoms with Crippen LogP contribution >= 0.6 is 0 Å². The second-order valence-electron chi connectivity index (χ2n) is 9.75. The van der Waals surface area contributed by atoms with Gasteiger partial charge in [-0.15, -0.1) is 0 Å². The lowest BCUT2D eigenvalue weighted by Gasteiger charge is -2.31. The van der Waals surface area contributed by atoms with E-state index in [0.717, 1.165) is 37.6 Å². The zero-order valence-corrected chi connectivity index (χ0v) is 20.5. The summed E-state index contributed by atoms with van der Waals surface area (Å²) in [5.41, 5.74) is 0.733. The molecule has 1 aliphatic heterocycles. The zero-order valence-electron chi connectivity index (χ0n) is 20.5. The fourth-order valence-electron chi connectivity index (χ4n) is 4.75. The van der Waals surface area contributed by atoms with Crippen LogP contribution in [0.15, 0.2) is 35.2 Å². The molecule has 0 unspecified atom stereocenters. The Bertz CT molecular complexity index is 1470. The Morgan fingerprint density at radius 3 is 2.59 bits per heavy atom. The topological polar surface area (TPSA) is 105 Å². The molecule has 1 amide bonds. The molecule has 10 nitrogen and oxygen atoms in total. The van der Waals surface area contributed by atoms with Crippen LogP contribution in [0.25, 0.3) is 11.0 Å². The van der Waals surface area contributed by atoms with Gasteiger partial charge in [-0.1, -0.05) is 5.16 Å². The van der Waals surface area contributed by atoms with E-state index in [9.17, 15) is 9.18 Å². The number of carbonyl (C=O) groups excluding carboxylic acids is 1. The van der Waals surface area contributed by atoms with E-state index in [1.54, 1.807) is 14.1 Å². The van der Waals surface area contributed by atoms with Gasteiger partial charge in [-0.25, -0.2) is 18.7 Å². The standard InChI is InChI=1S/C25H26F2N8O2/c1-33(2)24(36)15-5-6-19(17(26)11-15)30-22-20-18(27)12-35(23(20)29-13-28-22)16-7-9-34(10-8-16)25-31-21(32-37-25)14-3-4-14/h5-6,11-14,16H,3-4,7-10H2,1-2H3,(H,28,29,30). The van der Waals surface area contributed by atoms with Gasteiger partial charge in [-0.05, 0) is 43.9 Å². The van der Waals surface area contributed by atoms with E-state index in [1.807, 2.05) is 4.57 Å².